The Bertz CT molecular complexity index is 866. The number of nitro groups is 1. The van der Waals surface area contributed by atoms with Crippen LogP contribution in [0.3, 0.4) is 0 Å². The van der Waals surface area contributed by atoms with E-state index < -0.39 is 28.4 Å². The van der Waals surface area contributed by atoms with E-state index in [1.54, 1.807) is 0 Å². The maximum Gasteiger partial charge on any atom is 0.338 e. The normalized spacial score (nSPS) is 10.1. The van der Waals surface area contributed by atoms with E-state index in [0.717, 1.165) is 31.4 Å². The molecule has 2 aromatic rings. The lowest BCUT2D eigenvalue weighted by atomic mass is 10.1. The fraction of sp³-hybridized carbons (Fsp3) is 0.176. The molecule has 0 spiro atoms. The van der Waals surface area contributed by atoms with Crippen molar-refractivity contribution < 1.29 is 33.1 Å². The number of esters is 2. The zero-order chi connectivity index (χ0) is 19.3. The molecule has 0 saturated carbocycles. The van der Waals surface area contributed by atoms with Crippen molar-refractivity contribution in [3.8, 4) is 5.75 Å². The minimum atomic E-state index is -0.926. The van der Waals surface area contributed by atoms with Gasteiger partial charge in [-0.2, -0.15) is 0 Å². The van der Waals surface area contributed by atoms with Crippen molar-refractivity contribution in [2.24, 2.45) is 0 Å². The minimum absolute atomic E-state index is 0.169. The number of methoxy groups -OCH3 is 2. The van der Waals surface area contributed by atoms with Gasteiger partial charge >= 0.3 is 11.9 Å². The number of hydrogen-bond donors (Lipinski definition) is 0. The van der Waals surface area contributed by atoms with E-state index in [0.29, 0.717) is 5.75 Å². The topological polar surface area (TPSA) is 105 Å². The molecule has 0 aliphatic carbocycles. The maximum atomic E-state index is 13.3. The van der Waals surface area contributed by atoms with Crippen LogP contribution in [-0.4, -0.2) is 31.1 Å². The van der Waals surface area contributed by atoms with Crippen LogP contribution in [0.25, 0.3) is 0 Å². The maximum absolute atomic E-state index is 13.3. The molecule has 0 atom stereocenters. The summed E-state index contributed by atoms with van der Waals surface area (Å²) in [5, 5.41) is 11.0. The Balaban J connectivity index is 2.26. The second-order valence-electron chi connectivity index (χ2n) is 5.05. The molecule has 0 N–H and O–H groups in total. The van der Waals surface area contributed by atoms with Gasteiger partial charge in [-0.15, -0.1) is 0 Å². The molecular weight excluding hydrogens is 349 g/mol. The number of nitrogens with zero attached hydrogens (tertiary/aromatic N) is 1. The van der Waals surface area contributed by atoms with Crippen molar-refractivity contribution in [1.29, 1.82) is 0 Å². The van der Waals surface area contributed by atoms with Crippen LogP contribution < -0.4 is 4.74 Å². The molecule has 26 heavy (non-hydrogen) atoms. The Hall–Kier alpha value is -3.49. The summed E-state index contributed by atoms with van der Waals surface area (Å²) in [6, 6.07) is 6.77. The van der Waals surface area contributed by atoms with E-state index in [4.69, 9.17) is 9.47 Å². The summed E-state index contributed by atoms with van der Waals surface area (Å²) < 4.78 is 27.9. The smallest absolute Gasteiger partial charge is 0.338 e. The van der Waals surface area contributed by atoms with Crippen molar-refractivity contribution in [2.45, 2.75) is 6.61 Å². The van der Waals surface area contributed by atoms with Crippen molar-refractivity contribution in [3.63, 3.8) is 0 Å². The quantitative estimate of drug-likeness (QED) is 0.441. The van der Waals surface area contributed by atoms with E-state index in [1.165, 1.54) is 19.2 Å². The lowest BCUT2D eigenvalue weighted by Gasteiger charge is -2.10. The van der Waals surface area contributed by atoms with Crippen LogP contribution in [0.1, 0.15) is 26.3 Å². The highest BCUT2D eigenvalue weighted by Crippen LogP contribution is 2.22. The van der Waals surface area contributed by atoms with E-state index >= 15 is 0 Å². The first kappa shape index (κ1) is 18.8. The average Bonchev–Trinajstić information content (AvgIpc) is 2.65. The van der Waals surface area contributed by atoms with Gasteiger partial charge in [-0.05, 0) is 24.3 Å². The lowest BCUT2D eigenvalue weighted by Crippen LogP contribution is -2.10. The average molecular weight is 363 g/mol. The summed E-state index contributed by atoms with van der Waals surface area (Å²) in [6.45, 7) is -0.323. The number of carbonyl (C=O) groups is 2. The van der Waals surface area contributed by atoms with Crippen LogP contribution in [0.15, 0.2) is 36.4 Å². The van der Waals surface area contributed by atoms with Crippen LogP contribution in [0.5, 0.6) is 5.75 Å². The zero-order valence-corrected chi connectivity index (χ0v) is 13.9. The summed E-state index contributed by atoms with van der Waals surface area (Å²) >= 11 is 0. The van der Waals surface area contributed by atoms with Crippen LogP contribution >= 0.6 is 0 Å². The molecule has 0 radical (unpaired) electrons. The highest BCUT2D eigenvalue weighted by Gasteiger charge is 2.19. The fourth-order valence-corrected chi connectivity index (χ4v) is 2.16. The number of carbonyl (C=O) groups excluding carboxylic acids is 2. The molecule has 0 unspecified atom stereocenters. The van der Waals surface area contributed by atoms with Gasteiger partial charge in [0.2, 0.25) is 0 Å². The standard InChI is InChI=1S/C17H14FNO7/c1-24-15-4-3-13(18)6-12(15)9-26-17(21)11-5-10(16(20)25-2)7-14(8-11)19(22)23/h3-8H,9H2,1-2H3. The van der Waals surface area contributed by atoms with Crippen molar-refractivity contribution >= 4 is 17.6 Å². The molecule has 2 aromatic carbocycles. The third-order valence-corrected chi connectivity index (χ3v) is 3.39. The van der Waals surface area contributed by atoms with E-state index in [9.17, 15) is 24.1 Å². The first-order valence-corrected chi connectivity index (χ1v) is 7.23. The van der Waals surface area contributed by atoms with Gasteiger partial charge in [0.1, 0.15) is 18.2 Å². The molecule has 0 fully saturated rings. The van der Waals surface area contributed by atoms with Gasteiger partial charge in [0.15, 0.2) is 0 Å². The molecular formula is C17H14FNO7. The number of non-ortho nitro benzene ring substituents is 1. The van der Waals surface area contributed by atoms with E-state index in [-0.39, 0.29) is 23.3 Å². The van der Waals surface area contributed by atoms with Crippen molar-refractivity contribution in [2.75, 3.05) is 14.2 Å². The van der Waals surface area contributed by atoms with Gasteiger partial charge < -0.3 is 14.2 Å². The molecule has 0 aromatic heterocycles. The molecule has 9 heteroatoms. The zero-order valence-electron chi connectivity index (χ0n) is 13.9. The largest absolute Gasteiger partial charge is 0.496 e. The number of halogens is 1. The van der Waals surface area contributed by atoms with Crippen LogP contribution in [-0.2, 0) is 16.1 Å². The minimum Gasteiger partial charge on any atom is -0.496 e. The van der Waals surface area contributed by atoms with Gasteiger partial charge in [0, 0.05) is 17.7 Å². The van der Waals surface area contributed by atoms with Gasteiger partial charge in [0.25, 0.3) is 5.69 Å². The first-order chi connectivity index (χ1) is 12.3. The van der Waals surface area contributed by atoms with Crippen LogP contribution in [0.2, 0.25) is 0 Å². The van der Waals surface area contributed by atoms with Crippen molar-refractivity contribution in [1.82, 2.24) is 0 Å². The third kappa shape index (κ3) is 4.32. The Kier molecular flexibility index (Phi) is 5.84. The summed E-state index contributed by atoms with van der Waals surface area (Å²) in [5.74, 6) is -1.99. The van der Waals surface area contributed by atoms with Crippen molar-refractivity contribution in [3.05, 3.63) is 69.0 Å². The summed E-state index contributed by atoms with van der Waals surface area (Å²) in [4.78, 5) is 34.0. The van der Waals surface area contributed by atoms with E-state index in [1.807, 2.05) is 0 Å². The Morgan fingerprint density at radius 2 is 1.73 bits per heavy atom. The third-order valence-electron chi connectivity index (χ3n) is 3.39. The summed E-state index contributed by atoms with van der Waals surface area (Å²) in [6.07, 6.45) is 0. The van der Waals surface area contributed by atoms with Gasteiger partial charge in [0.05, 0.1) is 30.3 Å². The molecule has 0 aliphatic rings. The Labute approximate surface area is 147 Å². The van der Waals surface area contributed by atoms with Crippen LogP contribution in [0, 0.1) is 15.9 Å². The van der Waals surface area contributed by atoms with Gasteiger partial charge in [-0.1, -0.05) is 0 Å². The second kappa shape index (κ2) is 8.06. The van der Waals surface area contributed by atoms with Gasteiger partial charge in [-0.3, -0.25) is 10.1 Å². The van der Waals surface area contributed by atoms with E-state index in [2.05, 4.69) is 4.74 Å². The monoisotopic (exact) mass is 363 g/mol. The predicted molar refractivity (Wildman–Crippen MR) is 86.5 cm³/mol. The highest BCUT2D eigenvalue weighted by molar-refractivity contribution is 5.96. The molecule has 0 amide bonds. The Morgan fingerprint density at radius 3 is 2.31 bits per heavy atom. The highest BCUT2D eigenvalue weighted by atomic mass is 19.1. The molecule has 0 saturated heterocycles. The first-order valence-electron chi connectivity index (χ1n) is 7.23. The molecule has 0 bridgehead atoms. The molecule has 0 aliphatic heterocycles. The molecule has 2 rings (SSSR count). The number of rotatable bonds is 6. The number of nitro benzene ring substituents is 1. The predicted octanol–water partition coefficient (Wildman–Crippen LogP) is 2.89. The van der Waals surface area contributed by atoms with Gasteiger partial charge in [-0.25, -0.2) is 14.0 Å². The number of hydrogen-bond acceptors (Lipinski definition) is 7. The molecule has 136 valence electrons. The SMILES string of the molecule is COC(=O)c1cc(C(=O)OCc2cc(F)ccc2OC)cc([N+](=O)[O-])c1. The Morgan fingerprint density at radius 1 is 1.08 bits per heavy atom. The molecule has 0 heterocycles. The second-order valence-corrected chi connectivity index (χ2v) is 5.05. The summed E-state index contributed by atoms with van der Waals surface area (Å²) in [5.41, 5.74) is -0.574. The fourth-order valence-electron chi connectivity index (χ4n) is 2.16. The number of benzene rings is 2. The lowest BCUT2D eigenvalue weighted by molar-refractivity contribution is -0.384. The molecule has 8 nitrogen and oxygen atoms in total. The summed E-state index contributed by atoms with van der Waals surface area (Å²) in [7, 11) is 2.48. The number of ether oxygens (including phenoxy) is 3. The van der Waals surface area contributed by atoms with Crippen LogP contribution in [0.4, 0.5) is 10.1 Å².